The van der Waals surface area contributed by atoms with E-state index in [1.165, 1.54) is 0 Å². The number of carbonyl (C=O) groups excluding carboxylic acids is 2. The summed E-state index contributed by atoms with van der Waals surface area (Å²) in [5.74, 6) is -0.947. The fourth-order valence-electron chi connectivity index (χ4n) is 3.49. The van der Waals surface area contributed by atoms with Crippen molar-refractivity contribution in [3.05, 3.63) is 94.5 Å². The van der Waals surface area contributed by atoms with Gasteiger partial charge < -0.3 is 10.6 Å². The Labute approximate surface area is 204 Å². The van der Waals surface area contributed by atoms with Gasteiger partial charge in [0.15, 0.2) is 0 Å². The first-order valence-electron chi connectivity index (χ1n) is 10.5. The van der Waals surface area contributed by atoms with Crippen LogP contribution in [0.4, 0.5) is 11.4 Å². The van der Waals surface area contributed by atoms with Crippen LogP contribution < -0.4 is 14.9 Å². The van der Waals surface area contributed by atoms with E-state index in [1.54, 1.807) is 49.4 Å². The molecule has 0 radical (unpaired) electrons. The van der Waals surface area contributed by atoms with Crippen molar-refractivity contribution in [3.8, 4) is 0 Å². The van der Waals surface area contributed by atoms with Crippen LogP contribution in [0.25, 0.3) is 0 Å². The lowest BCUT2D eigenvalue weighted by atomic mass is 10.1. The Bertz CT molecular complexity index is 1300. The third kappa shape index (κ3) is 6.36. The summed E-state index contributed by atoms with van der Waals surface area (Å²) >= 11 is 5.99. The largest absolute Gasteiger partial charge is 0.345 e. The molecule has 0 heterocycles. The van der Waals surface area contributed by atoms with Gasteiger partial charge in [-0.2, -0.15) is 0 Å². The molecule has 0 fully saturated rings. The molecule has 34 heavy (non-hydrogen) atoms. The van der Waals surface area contributed by atoms with Gasteiger partial charge in [-0.15, -0.1) is 0 Å². The standard InChI is InChI=1S/C25H26ClN3O4S/c1-17-15-20(26)13-14-23(17)29(34(3,32)33)16-24(30)28-22-12-8-7-11-21(22)25(31)27-18(2)19-9-5-4-6-10-19/h4-15,18H,16H2,1-3H3,(H,27,31)(H,28,30). The average Bonchev–Trinajstić information content (AvgIpc) is 2.78. The highest BCUT2D eigenvalue weighted by Gasteiger charge is 2.23. The number of para-hydroxylation sites is 1. The summed E-state index contributed by atoms with van der Waals surface area (Å²) in [5, 5.41) is 6.06. The van der Waals surface area contributed by atoms with E-state index in [4.69, 9.17) is 11.6 Å². The predicted octanol–water partition coefficient (Wildman–Crippen LogP) is 4.54. The molecule has 3 aromatic rings. The van der Waals surface area contributed by atoms with E-state index >= 15 is 0 Å². The number of aryl methyl sites for hydroxylation is 1. The smallest absolute Gasteiger partial charge is 0.253 e. The van der Waals surface area contributed by atoms with Crippen molar-refractivity contribution in [2.45, 2.75) is 19.9 Å². The molecule has 9 heteroatoms. The van der Waals surface area contributed by atoms with Crippen LogP contribution in [0.3, 0.4) is 0 Å². The number of nitrogens with zero attached hydrogens (tertiary/aromatic N) is 1. The Morgan fingerprint density at radius 2 is 1.65 bits per heavy atom. The molecule has 0 aliphatic heterocycles. The molecule has 0 aliphatic carbocycles. The molecular formula is C25H26ClN3O4S. The van der Waals surface area contributed by atoms with Gasteiger partial charge in [0.25, 0.3) is 5.91 Å². The van der Waals surface area contributed by atoms with Crippen LogP contribution in [-0.4, -0.2) is 33.0 Å². The number of halogens is 1. The van der Waals surface area contributed by atoms with Crippen molar-refractivity contribution < 1.29 is 18.0 Å². The van der Waals surface area contributed by atoms with Crippen LogP contribution in [0.2, 0.25) is 5.02 Å². The van der Waals surface area contributed by atoms with Gasteiger partial charge in [-0.05, 0) is 55.3 Å². The van der Waals surface area contributed by atoms with Crippen molar-refractivity contribution in [3.63, 3.8) is 0 Å². The van der Waals surface area contributed by atoms with Gasteiger partial charge in [0.2, 0.25) is 15.9 Å². The first-order valence-corrected chi connectivity index (χ1v) is 12.8. The molecule has 1 atom stereocenters. The normalized spacial score (nSPS) is 12.0. The number of carbonyl (C=O) groups is 2. The minimum absolute atomic E-state index is 0.244. The van der Waals surface area contributed by atoms with E-state index in [0.29, 0.717) is 16.3 Å². The lowest BCUT2D eigenvalue weighted by molar-refractivity contribution is -0.114. The van der Waals surface area contributed by atoms with Crippen LogP contribution in [0.1, 0.15) is 34.5 Å². The van der Waals surface area contributed by atoms with Crippen LogP contribution in [-0.2, 0) is 14.8 Å². The first-order chi connectivity index (χ1) is 16.1. The Balaban J connectivity index is 1.79. The minimum Gasteiger partial charge on any atom is -0.345 e. The highest BCUT2D eigenvalue weighted by atomic mass is 35.5. The summed E-state index contributed by atoms with van der Waals surface area (Å²) in [6.45, 7) is 3.12. The SMILES string of the molecule is Cc1cc(Cl)ccc1N(CC(=O)Nc1ccccc1C(=O)NC(C)c1ccccc1)S(C)(=O)=O. The minimum atomic E-state index is -3.76. The third-order valence-electron chi connectivity index (χ3n) is 5.21. The number of amides is 2. The van der Waals surface area contributed by atoms with Gasteiger partial charge in [-0.25, -0.2) is 8.42 Å². The maximum absolute atomic E-state index is 12.9. The third-order valence-corrected chi connectivity index (χ3v) is 6.57. The zero-order valence-corrected chi connectivity index (χ0v) is 20.7. The molecule has 0 bridgehead atoms. The number of nitrogens with one attached hydrogen (secondary N) is 2. The molecule has 3 aromatic carbocycles. The van der Waals surface area contributed by atoms with Crippen molar-refractivity contribution in [1.82, 2.24) is 5.32 Å². The second kappa shape index (κ2) is 10.7. The van der Waals surface area contributed by atoms with Crippen molar-refractivity contribution >= 4 is 44.8 Å². The summed E-state index contributed by atoms with van der Waals surface area (Å²) in [6, 6.07) is 20.6. The van der Waals surface area contributed by atoms with Gasteiger partial charge in [0.05, 0.1) is 29.2 Å². The van der Waals surface area contributed by atoms with Gasteiger partial charge in [-0.3, -0.25) is 13.9 Å². The molecule has 0 saturated heterocycles. The van der Waals surface area contributed by atoms with Gasteiger partial charge in [-0.1, -0.05) is 54.1 Å². The molecular weight excluding hydrogens is 474 g/mol. The Morgan fingerprint density at radius 1 is 1.00 bits per heavy atom. The van der Waals surface area contributed by atoms with E-state index in [9.17, 15) is 18.0 Å². The Morgan fingerprint density at radius 3 is 2.29 bits per heavy atom. The van der Waals surface area contributed by atoms with Crippen LogP contribution >= 0.6 is 11.6 Å². The summed E-state index contributed by atoms with van der Waals surface area (Å²) in [7, 11) is -3.76. The molecule has 178 valence electrons. The van der Waals surface area contributed by atoms with E-state index in [0.717, 1.165) is 16.1 Å². The van der Waals surface area contributed by atoms with Crippen molar-refractivity contribution in [2.75, 3.05) is 22.4 Å². The van der Waals surface area contributed by atoms with Crippen LogP contribution in [0.15, 0.2) is 72.8 Å². The van der Waals surface area contributed by atoms with E-state index in [1.807, 2.05) is 37.3 Å². The second-order valence-electron chi connectivity index (χ2n) is 7.90. The monoisotopic (exact) mass is 499 g/mol. The predicted molar refractivity (Wildman–Crippen MR) is 136 cm³/mol. The topological polar surface area (TPSA) is 95.6 Å². The first kappa shape index (κ1) is 25.3. The van der Waals surface area contributed by atoms with E-state index in [2.05, 4.69) is 10.6 Å². The molecule has 0 aliphatic rings. The highest BCUT2D eigenvalue weighted by molar-refractivity contribution is 7.92. The summed E-state index contributed by atoms with van der Waals surface area (Å²) in [5.41, 5.74) is 2.46. The zero-order chi connectivity index (χ0) is 24.9. The number of benzene rings is 3. The zero-order valence-electron chi connectivity index (χ0n) is 19.1. The average molecular weight is 500 g/mol. The molecule has 3 rings (SSSR count). The number of rotatable bonds is 8. The number of hydrogen-bond donors (Lipinski definition) is 2. The summed E-state index contributed by atoms with van der Waals surface area (Å²) in [4.78, 5) is 25.8. The lowest BCUT2D eigenvalue weighted by Gasteiger charge is -2.24. The molecule has 2 N–H and O–H groups in total. The Kier molecular flexibility index (Phi) is 7.96. The van der Waals surface area contributed by atoms with Gasteiger partial charge >= 0.3 is 0 Å². The van der Waals surface area contributed by atoms with Crippen molar-refractivity contribution in [2.24, 2.45) is 0 Å². The molecule has 1 unspecified atom stereocenters. The molecule has 0 aromatic heterocycles. The van der Waals surface area contributed by atoms with E-state index in [-0.39, 0.29) is 23.2 Å². The second-order valence-corrected chi connectivity index (χ2v) is 10.2. The van der Waals surface area contributed by atoms with Crippen LogP contribution in [0.5, 0.6) is 0 Å². The van der Waals surface area contributed by atoms with Crippen molar-refractivity contribution in [1.29, 1.82) is 0 Å². The molecule has 0 saturated carbocycles. The van der Waals surface area contributed by atoms with Crippen LogP contribution in [0, 0.1) is 6.92 Å². The number of sulfonamides is 1. The number of hydrogen-bond acceptors (Lipinski definition) is 4. The van der Waals surface area contributed by atoms with Gasteiger partial charge in [0, 0.05) is 5.02 Å². The summed E-state index contributed by atoms with van der Waals surface area (Å²) < 4.78 is 25.9. The fourth-order valence-corrected chi connectivity index (χ4v) is 4.63. The summed E-state index contributed by atoms with van der Waals surface area (Å²) in [6.07, 6.45) is 1.03. The van der Waals surface area contributed by atoms with Gasteiger partial charge in [0.1, 0.15) is 6.54 Å². The maximum Gasteiger partial charge on any atom is 0.253 e. The molecule has 7 nitrogen and oxygen atoms in total. The quantitative estimate of drug-likeness (QED) is 0.475. The Hall–Kier alpha value is -3.36. The molecule has 0 spiro atoms. The maximum atomic E-state index is 12.9. The number of anilines is 2. The van der Waals surface area contributed by atoms with E-state index < -0.39 is 22.5 Å². The molecule has 2 amide bonds. The highest BCUT2D eigenvalue weighted by Crippen LogP contribution is 2.26. The fraction of sp³-hybridized carbons (Fsp3) is 0.200. The lowest BCUT2D eigenvalue weighted by Crippen LogP contribution is -2.38.